The van der Waals surface area contributed by atoms with Gasteiger partial charge in [-0.25, -0.2) is 0 Å². The van der Waals surface area contributed by atoms with Crippen LogP contribution in [0.25, 0.3) is 0 Å². The van der Waals surface area contributed by atoms with Crippen molar-refractivity contribution in [1.29, 1.82) is 0 Å². The summed E-state index contributed by atoms with van der Waals surface area (Å²) in [4.78, 5) is 72.3. The van der Waals surface area contributed by atoms with Crippen molar-refractivity contribution in [1.82, 2.24) is 31.9 Å². The molecule has 99 heavy (non-hydrogen) atoms. The van der Waals surface area contributed by atoms with Gasteiger partial charge in [0.1, 0.15) is 36.6 Å². The van der Waals surface area contributed by atoms with Gasteiger partial charge in [0.25, 0.3) is 0 Å². The maximum absolute atomic E-state index is 12.1. The van der Waals surface area contributed by atoms with E-state index in [4.69, 9.17) is 28.4 Å². The van der Waals surface area contributed by atoms with E-state index in [1.807, 2.05) is 166 Å². The molecule has 0 bridgehead atoms. The molecule has 2 fully saturated rings. The van der Waals surface area contributed by atoms with E-state index in [0.717, 1.165) is 63.7 Å². The second kappa shape index (κ2) is 48.4. The third kappa shape index (κ3) is 61.5. The molecule has 0 aliphatic heterocycles. The van der Waals surface area contributed by atoms with Gasteiger partial charge in [0.15, 0.2) is 0 Å². The van der Waals surface area contributed by atoms with Gasteiger partial charge in [-0.3, -0.25) is 28.8 Å². The quantitative estimate of drug-likeness (QED) is 0.0356. The topological polar surface area (TPSA) is 230 Å². The molecule has 18 nitrogen and oxygen atoms in total. The molecule has 8 unspecified atom stereocenters. The zero-order valence-corrected chi connectivity index (χ0v) is 70.9. The van der Waals surface area contributed by atoms with Gasteiger partial charge < -0.3 is 60.3 Å². The van der Waals surface area contributed by atoms with Crippen molar-refractivity contribution in [2.75, 3.05) is 39.6 Å². The molecule has 6 N–H and O–H groups in total. The number of ether oxygens (including phenoxy) is 6. The summed E-state index contributed by atoms with van der Waals surface area (Å²) in [5, 5.41) is 17.9. The van der Waals surface area contributed by atoms with Crippen LogP contribution in [0, 0.1) is 39.9 Å². The third-order valence-corrected chi connectivity index (χ3v) is 14.2. The van der Waals surface area contributed by atoms with E-state index >= 15 is 0 Å². The molecule has 0 aromatic rings. The number of carbonyl (C=O) groups excluding carboxylic acids is 6. The van der Waals surface area contributed by atoms with Crippen molar-refractivity contribution in [2.24, 2.45) is 39.9 Å². The van der Waals surface area contributed by atoms with E-state index in [2.05, 4.69) is 115 Å². The molecule has 0 aromatic heterocycles. The van der Waals surface area contributed by atoms with Crippen molar-refractivity contribution < 1.29 is 57.2 Å². The fraction of sp³-hybridized carbons (Fsp3) is 0.901. The van der Waals surface area contributed by atoms with Gasteiger partial charge >= 0.3 is 0 Å². The number of carbonyl (C=O) groups is 6. The highest BCUT2D eigenvalue weighted by Gasteiger charge is 2.38. The Morgan fingerprint density at radius 3 is 0.919 bits per heavy atom. The van der Waals surface area contributed by atoms with Crippen LogP contribution in [0.4, 0.5) is 0 Å². The van der Waals surface area contributed by atoms with E-state index in [1.165, 1.54) is 25.7 Å². The molecule has 18 heteroatoms. The Balaban J connectivity index is -0.000000547. The lowest BCUT2D eigenvalue weighted by atomic mass is 9.81. The van der Waals surface area contributed by atoms with Gasteiger partial charge in [0.2, 0.25) is 35.4 Å². The zero-order valence-electron chi connectivity index (χ0n) is 70.9. The summed E-state index contributed by atoms with van der Waals surface area (Å²) < 4.78 is 33.8. The fourth-order valence-electron chi connectivity index (χ4n) is 9.52. The second-order valence-corrected chi connectivity index (χ2v) is 37.5. The van der Waals surface area contributed by atoms with Crippen LogP contribution in [0.2, 0.25) is 0 Å². The molecule has 0 aromatic carbocycles. The Hall–Kier alpha value is -3.68. The van der Waals surface area contributed by atoms with Gasteiger partial charge in [-0.2, -0.15) is 0 Å². The highest BCUT2D eigenvalue weighted by atomic mass is 16.5. The smallest absolute Gasteiger partial charge is 0.250 e. The van der Waals surface area contributed by atoms with E-state index < -0.39 is 6.10 Å². The molecule has 8 atom stereocenters. The Bertz CT molecular complexity index is 2110. The maximum atomic E-state index is 12.1. The number of hydrogen-bond donors (Lipinski definition) is 6. The summed E-state index contributed by atoms with van der Waals surface area (Å²) in [5.41, 5.74) is -1.24. The third-order valence-electron chi connectivity index (χ3n) is 14.2. The molecule has 0 radical (unpaired) electrons. The SMILES string of the molecule is C=CCOC(C(=O)NC(C)(C)C)C(C)(C)C.CCCOC(C(=O)NC(C)(C)C)C(C)C.CCCOC(CC(C)(C)C)C(=O)NC(C)(C)C.CCCOC(CC(C)(C)C)C(=O)NC(C)(C)C.CCCOC(CC1CC1C)C(=O)NC(C)(C)C.CCCOC(CC1CCC1)C(=O)NC(C)(C)C. The normalized spacial score (nSPS) is 17.0. The van der Waals surface area contributed by atoms with Crippen molar-refractivity contribution in [3.8, 4) is 0 Å². The van der Waals surface area contributed by atoms with Crippen molar-refractivity contribution >= 4 is 35.4 Å². The minimum atomic E-state index is -0.454. The monoisotopic (exact) mass is 1410 g/mol. The van der Waals surface area contributed by atoms with Crippen LogP contribution in [-0.2, 0) is 57.2 Å². The Labute approximate surface area is 609 Å². The minimum Gasteiger partial charge on any atom is -0.368 e. The van der Waals surface area contributed by atoms with Gasteiger partial charge in [0.05, 0.1) is 6.61 Å². The fourth-order valence-corrected chi connectivity index (χ4v) is 9.52. The highest BCUT2D eigenvalue weighted by molar-refractivity contribution is 5.84. The summed E-state index contributed by atoms with van der Waals surface area (Å²) in [6.45, 7) is 78.2. The van der Waals surface area contributed by atoms with Crippen LogP contribution >= 0.6 is 0 Å². The predicted molar refractivity (Wildman–Crippen MR) is 414 cm³/mol. The molecule has 0 saturated heterocycles. The molecule has 6 amide bonds. The van der Waals surface area contributed by atoms with Crippen molar-refractivity contribution in [3.05, 3.63) is 12.7 Å². The van der Waals surface area contributed by atoms with Gasteiger partial charge in [-0.15, -0.1) is 6.58 Å². The molecule has 2 aliphatic rings. The van der Waals surface area contributed by atoms with Gasteiger partial charge in [-0.1, -0.05) is 143 Å². The molecule has 0 spiro atoms. The number of hydrogen-bond acceptors (Lipinski definition) is 12. The summed E-state index contributed by atoms with van der Waals surface area (Å²) in [7, 11) is 0. The van der Waals surface area contributed by atoms with Crippen molar-refractivity contribution in [2.45, 2.75) is 396 Å². The molecule has 2 saturated carbocycles. The molecular weight excluding hydrogens is 1250 g/mol. The van der Waals surface area contributed by atoms with Crippen LogP contribution in [-0.4, -0.2) is 145 Å². The molecular formula is C81H162N6O12. The predicted octanol–water partition coefficient (Wildman–Crippen LogP) is 16.8. The first-order valence-electron chi connectivity index (χ1n) is 37.9. The zero-order chi connectivity index (χ0) is 78.4. The Morgan fingerprint density at radius 2 is 0.677 bits per heavy atom. The second-order valence-electron chi connectivity index (χ2n) is 37.5. The van der Waals surface area contributed by atoms with Crippen molar-refractivity contribution in [3.63, 3.8) is 0 Å². The molecule has 2 aliphatic carbocycles. The van der Waals surface area contributed by atoms with E-state index in [9.17, 15) is 28.8 Å². The average molecular weight is 1410 g/mol. The van der Waals surface area contributed by atoms with E-state index in [-0.39, 0.29) is 121 Å². The van der Waals surface area contributed by atoms with Crippen LogP contribution in [0.3, 0.4) is 0 Å². The molecule has 588 valence electrons. The first-order valence-corrected chi connectivity index (χ1v) is 37.9. The van der Waals surface area contributed by atoms with Gasteiger partial charge in [0, 0.05) is 66.3 Å². The highest BCUT2D eigenvalue weighted by Crippen LogP contribution is 2.42. The summed E-state index contributed by atoms with van der Waals surface area (Å²) in [6, 6.07) is 0. The minimum absolute atomic E-state index is 0.000810. The number of nitrogens with one attached hydrogen (secondary N) is 6. The maximum Gasteiger partial charge on any atom is 0.250 e. The lowest BCUT2D eigenvalue weighted by Gasteiger charge is -2.32. The number of amides is 6. The van der Waals surface area contributed by atoms with E-state index in [1.54, 1.807) is 6.08 Å². The Morgan fingerprint density at radius 1 is 0.404 bits per heavy atom. The lowest BCUT2D eigenvalue weighted by Crippen LogP contribution is -2.50. The summed E-state index contributed by atoms with van der Waals surface area (Å²) in [6.07, 6.45) is 12.7. The largest absolute Gasteiger partial charge is 0.368 e. The first-order chi connectivity index (χ1) is 44.7. The number of rotatable bonds is 31. The summed E-state index contributed by atoms with van der Waals surface area (Å²) >= 11 is 0. The average Bonchev–Trinajstić information content (AvgIpc) is 1.81. The standard InChI is InChI=1S/2C14H27NO2.2C14H29NO2.C13H25NO2.C12H25NO2/c1-6-7-17-12(9-11-8-10(11)2)13(16)15-14(3,4)5;1-5-9-17-12(10-11-7-6-8-11)13(16)15-14(2,3)4;2*1-8-9-17-11(10-13(2,3)4)12(16)15-14(5,6)7;1-8-9-16-10(12(2,3)4)11(15)14-13(5,6)7;1-7-8-15-10(9(2)3)11(14)13-12(4,5)6/h10-12H,6-9H2,1-5H3,(H,15,16);11-12H,5-10H2,1-4H3,(H,15,16);2*11H,8-10H2,1-7H3,(H,15,16);8,10H,1,9H2,2-7H3,(H,14,15);9-10H,7-8H2,1-6H3,(H,13,14). The van der Waals surface area contributed by atoms with E-state index in [0.29, 0.717) is 51.5 Å². The lowest BCUT2D eigenvalue weighted by molar-refractivity contribution is -0.140. The first kappa shape index (κ1) is 102. The molecule has 0 heterocycles. The van der Waals surface area contributed by atoms with Gasteiger partial charge in [-0.05, 0) is 229 Å². The van der Waals surface area contributed by atoms with Crippen LogP contribution < -0.4 is 31.9 Å². The van der Waals surface area contributed by atoms with Crippen LogP contribution in [0.5, 0.6) is 0 Å². The molecule has 2 rings (SSSR count). The summed E-state index contributed by atoms with van der Waals surface area (Å²) in [5.74, 6) is 2.38. The van der Waals surface area contributed by atoms with Crippen LogP contribution in [0.15, 0.2) is 12.7 Å². The van der Waals surface area contributed by atoms with Crippen LogP contribution in [0.1, 0.15) is 326 Å². The Kier molecular flexibility index (Phi) is 49.7.